The van der Waals surface area contributed by atoms with Crippen molar-refractivity contribution >= 4 is 28.0 Å². The molecule has 0 amide bonds. The maximum atomic E-state index is 5.83. The lowest BCUT2D eigenvalue weighted by Crippen LogP contribution is -2.48. The first kappa shape index (κ1) is 18.5. The van der Waals surface area contributed by atoms with Gasteiger partial charge in [0.2, 0.25) is 11.8 Å². The van der Waals surface area contributed by atoms with Gasteiger partial charge >= 0.3 is 0 Å². The summed E-state index contributed by atoms with van der Waals surface area (Å²) in [5.41, 5.74) is 4.60. The average molecular weight is 416 g/mol. The minimum Gasteiger partial charge on any atom is -0.480 e. The predicted molar refractivity (Wildman–Crippen MR) is 118 cm³/mol. The molecule has 1 aliphatic carbocycles. The molecule has 0 atom stereocenters. The van der Waals surface area contributed by atoms with E-state index in [4.69, 9.17) is 14.5 Å². The quantitative estimate of drug-likeness (QED) is 0.517. The van der Waals surface area contributed by atoms with Crippen LogP contribution in [0.5, 0.6) is 5.88 Å². The number of aromatic amines is 1. The highest BCUT2D eigenvalue weighted by atomic mass is 16.5. The Morgan fingerprint density at radius 3 is 2.65 bits per heavy atom. The molecule has 31 heavy (non-hydrogen) atoms. The molecule has 1 spiro atoms. The monoisotopic (exact) mass is 416 g/mol. The van der Waals surface area contributed by atoms with Gasteiger partial charge in [0.1, 0.15) is 5.65 Å². The van der Waals surface area contributed by atoms with E-state index >= 15 is 0 Å². The van der Waals surface area contributed by atoms with Crippen molar-refractivity contribution in [2.45, 2.75) is 43.7 Å². The van der Waals surface area contributed by atoms with Crippen molar-refractivity contribution < 1.29 is 9.47 Å². The molecular weight excluding hydrogens is 392 g/mol. The Morgan fingerprint density at radius 2 is 1.90 bits per heavy atom. The van der Waals surface area contributed by atoms with Crippen molar-refractivity contribution in [2.24, 2.45) is 0 Å². The minimum atomic E-state index is 0.152. The summed E-state index contributed by atoms with van der Waals surface area (Å²) >= 11 is 0. The largest absolute Gasteiger partial charge is 0.480 e. The van der Waals surface area contributed by atoms with Crippen LogP contribution in [0.15, 0.2) is 36.8 Å². The van der Waals surface area contributed by atoms with Crippen LogP contribution in [0.2, 0.25) is 0 Å². The van der Waals surface area contributed by atoms with Gasteiger partial charge in [-0.3, -0.25) is 9.97 Å². The topological polar surface area (TPSA) is 97.8 Å². The standard InChI is InChI=1S/C23H24N6O2/c1-30-21-19-16(14-2-3-17-18(12-14)25-10-9-24-17)13-26-20(19)28-22(29-21)27-15-4-6-23(7-5-15)8-11-31-23/h2-3,9-10,12-13,15H,4-8,11H2,1H3,(H2,26,27,28,29)/t15-,23+. The molecule has 1 aliphatic heterocycles. The number of aromatic nitrogens is 5. The minimum absolute atomic E-state index is 0.152. The first-order valence-corrected chi connectivity index (χ1v) is 10.8. The summed E-state index contributed by atoms with van der Waals surface area (Å²) in [4.78, 5) is 21.5. The van der Waals surface area contributed by atoms with E-state index in [1.54, 1.807) is 19.5 Å². The average Bonchev–Trinajstić information content (AvgIpc) is 3.22. The van der Waals surface area contributed by atoms with Crippen LogP contribution in [0.25, 0.3) is 33.2 Å². The molecule has 0 bridgehead atoms. The van der Waals surface area contributed by atoms with Crippen LogP contribution in [-0.2, 0) is 4.74 Å². The zero-order chi connectivity index (χ0) is 20.8. The van der Waals surface area contributed by atoms with Crippen LogP contribution in [-0.4, -0.2) is 50.3 Å². The van der Waals surface area contributed by atoms with Gasteiger partial charge in [-0.25, -0.2) is 0 Å². The van der Waals surface area contributed by atoms with Gasteiger partial charge in [0.05, 0.1) is 35.7 Å². The molecule has 3 aromatic heterocycles. The number of fused-ring (bicyclic) bond motifs is 2. The Morgan fingerprint density at radius 1 is 1.10 bits per heavy atom. The molecule has 158 valence electrons. The van der Waals surface area contributed by atoms with E-state index in [1.165, 1.54) is 6.42 Å². The van der Waals surface area contributed by atoms with E-state index in [2.05, 4.69) is 25.3 Å². The van der Waals surface area contributed by atoms with Gasteiger partial charge in [-0.2, -0.15) is 9.97 Å². The number of anilines is 1. The second-order valence-electron chi connectivity index (χ2n) is 8.44. The fourth-order valence-corrected chi connectivity index (χ4v) is 4.83. The van der Waals surface area contributed by atoms with Crippen molar-refractivity contribution in [1.82, 2.24) is 24.9 Å². The molecule has 4 heterocycles. The summed E-state index contributed by atoms with van der Waals surface area (Å²) < 4.78 is 11.5. The summed E-state index contributed by atoms with van der Waals surface area (Å²) in [5.74, 6) is 1.15. The SMILES string of the molecule is COc1nc(N[C@H]2CC[C@]3(CCO3)CC2)nc2[nH]cc(-c3ccc4nccnc4c3)c12. The number of H-pyrrole nitrogens is 1. The van der Waals surface area contributed by atoms with E-state index in [0.29, 0.717) is 17.9 Å². The fourth-order valence-electron chi connectivity index (χ4n) is 4.83. The number of nitrogens with one attached hydrogen (secondary N) is 2. The predicted octanol–water partition coefficient (Wildman–Crippen LogP) is 4.09. The lowest BCUT2D eigenvalue weighted by molar-refractivity contribution is -0.165. The molecule has 8 heteroatoms. The summed E-state index contributed by atoms with van der Waals surface area (Å²) in [6, 6.07) is 6.38. The van der Waals surface area contributed by atoms with Gasteiger partial charge in [0, 0.05) is 30.2 Å². The van der Waals surface area contributed by atoms with E-state index < -0.39 is 0 Å². The van der Waals surface area contributed by atoms with Crippen LogP contribution in [0.4, 0.5) is 5.95 Å². The number of ether oxygens (including phenoxy) is 2. The lowest BCUT2D eigenvalue weighted by atomic mass is 9.77. The van der Waals surface area contributed by atoms with Crippen LogP contribution in [0, 0.1) is 0 Å². The molecule has 4 aromatic rings. The molecule has 2 N–H and O–H groups in total. The molecule has 0 unspecified atom stereocenters. The van der Waals surface area contributed by atoms with Gasteiger partial charge in [-0.05, 0) is 49.8 Å². The van der Waals surface area contributed by atoms with Gasteiger partial charge in [-0.1, -0.05) is 6.07 Å². The molecule has 8 nitrogen and oxygen atoms in total. The van der Waals surface area contributed by atoms with E-state index in [-0.39, 0.29) is 5.60 Å². The molecule has 2 fully saturated rings. The fraction of sp³-hybridized carbons (Fsp3) is 0.391. The molecule has 0 radical (unpaired) electrons. The van der Waals surface area contributed by atoms with Crippen molar-refractivity contribution in [1.29, 1.82) is 0 Å². The highest BCUT2D eigenvalue weighted by Crippen LogP contribution is 2.41. The summed E-state index contributed by atoms with van der Waals surface area (Å²) in [5, 5.41) is 4.37. The van der Waals surface area contributed by atoms with Crippen LogP contribution in [0.3, 0.4) is 0 Å². The van der Waals surface area contributed by atoms with Crippen molar-refractivity contribution in [3.8, 4) is 17.0 Å². The summed E-state index contributed by atoms with van der Waals surface area (Å²) in [6.07, 6.45) is 10.9. The third kappa shape index (κ3) is 3.18. The van der Waals surface area contributed by atoms with Crippen LogP contribution in [0.1, 0.15) is 32.1 Å². The Bertz CT molecular complexity index is 1260. The third-order valence-electron chi connectivity index (χ3n) is 6.67. The van der Waals surface area contributed by atoms with Gasteiger partial charge in [-0.15, -0.1) is 0 Å². The Balaban J connectivity index is 1.31. The highest BCUT2D eigenvalue weighted by Gasteiger charge is 2.41. The smallest absolute Gasteiger partial charge is 0.228 e. The Hall–Kier alpha value is -3.26. The Labute approximate surface area is 179 Å². The van der Waals surface area contributed by atoms with Crippen molar-refractivity contribution in [3.63, 3.8) is 0 Å². The summed E-state index contributed by atoms with van der Waals surface area (Å²) in [7, 11) is 1.65. The molecule has 6 rings (SSSR count). The highest BCUT2D eigenvalue weighted by molar-refractivity contribution is 5.99. The number of hydrogen-bond acceptors (Lipinski definition) is 7. The molecule has 1 aromatic carbocycles. The zero-order valence-electron chi connectivity index (χ0n) is 17.4. The first-order valence-electron chi connectivity index (χ1n) is 10.8. The molecular formula is C23H24N6O2. The number of benzene rings is 1. The van der Waals surface area contributed by atoms with E-state index in [0.717, 1.165) is 65.5 Å². The van der Waals surface area contributed by atoms with Gasteiger partial charge in [0.15, 0.2) is 0 Å². The van der Waals surface area contributed by atoms with Crippen molar-refractivity contribution in [2.75, 3.05) is 19.0 Å². The number of rotatable bonds is 4. The molecule has 2 aliphatic rings. The number of hydrogen-bond donors (Lipinski definition) is 2. The first-order chi connectivity index (χ1) is 15.2. The normalized spacial score (nSPS) is 23.2. The number of methoxy groups -OCH3 is 1. The van der Waals surface area contributed by atoms with Crippen LogP contribution < -0.4 is 10.1 Å². The van der Waals surface area contributed by atoms with Crippen LogP contribution >= 0.6 is 0 Å². The molecule has 1 saturated carbocycles. The number of nitrogens with zero attached hydrogens (tertiary/aromatic N) is 4. The lowest BCUT2D eigenvalue weighted by Gasteiger charge is -2.46. The molecule has 1 saturated heterocycles. The second-order valence-corrected chi connectivity index (χ2v) is 8.44. The third-order valence-corrected chi connectivity index (χ3v) is 6.67. The maximum Gasteiger partial charge on any atom is 0.228 e. The Kier molecular flexibility index (Phi) is 4.27. The van der Waals surface area contributed by atoms with Crippen molar-refractivity contribution in [3.05, 3.63) is 36.8 Å². The summed E-state index contributed by atoms with van der Waals surface area (Å²) in [6.45, 7) is 0.911. The van der Waals surface area contributed by atoms with E-state index in [1.807, 2.05) is 24.4 Å². The van der Waals surface area contributed by atoms with Gasteiger partial charge < -0.3 is 19.8 Å². The van der Waals surface area contributed by atoms with Gasteiger partial charge in [0.25, 0.3) is 0 Å². The second kappa shape index (κ2) is 7.16. The zero-order valence-corrected chi connectivity index (χ0v) is 17.4. The maximum absolute atomic E-state index is 5.83. The van der Waals surface area contributed by atoms with E-state index in [9.17, 15) is 0 Å².